The molecule has 0 aromatic heterocycles. The van der Waals surface area contributed by atoms with Gasteiger partial charge in [0.1, 0.15) is 0 Å². The molecule has 0 aliphatic heterocycles. The number of hydrogen-bond donors (Lipinski definition) is 2. The van der Waals surface area contributed by atoms with Gasteiger partial charge in [-0.1, -0.05) is 26.0 Å². The van der Waals surface area contributed by atoms with E-state index in [1.165, 1.54) is 24.0 Å². The van der Waals surface area contributed by atoms with Crippen LogP contribution in [0.25, 0.3) is 0 Å². The van der Waals surface area contributed by atoms with Crippen molar-refractivity contribution in [3.8, 4) is 0 Å². The average molecular weight is 260 g/mol. The highest BCUT2D eigenvalue weighted by atomic mass is 16.2. The molecule has 3 nitrogen and oxygen atoms in total. The van der Waals surface area contributed by atoms with Crippen LogP contribution < -0.4 is 11.1 Å². The van der Waals surface area contributed by atoms with Crippen molar-refractivity contribution < 1.29 is 4.79 Å². The van der Waals surface area contributed by atoms with E-state index in [9.17, 15) is 4.79 Å². The van der Waals surface area contributed by atoms with Crippen LogP contribution in [0.4, 0.5) is 5.69 Å². The number of nitrogens with one attached hydrogen (secondary N) is 1. The first kappa shape index (κ1) is 14.1. The lowest BCUT2D eigenvalue weighted by Crippen LogP contribution is -2.37. The maximum absolute atomic E-state index is 12.1. The van der Waals surface area contributed by atoms with Crippen molar-refractivity contribution in [1.29, 1.82) is 0 Å². The van der Waals surface area contributed by atoms with Crippen molar-refractivity contribution >= 4 is 11.6 Å². The lowest BCUT2D eigenvalue weighted by molar-refractivity contribution is -0.117. The summed E-state index contributed by atoms with van der Waals surface area (Å²) in [6.45, 7) is 4.16. The van der Waals surface area contributed by atoms with Gasteiger partial charge in [0.2, 0.25) is 5.91 Å². The van der Waals surface area contributed by atoms with E-state index < -0.39 is 6.04 Å². The number of amides is 1. The molecule has 19 heavy (non-hydrogen) atoms. The molecule has 1 aromatic rings. The molecule has 0 radical (unpaired) electrons. The molecule has 0 fully saturated rings. The highest BCUT2D eigenvalue weighted by Crippen LogP contribution is 2.27. The monoisotopic (exact) mass is 260 g/mol. The zero-order chi connectivity index (χ0) is 13.8. The Balaban J connectivity index is 2.09. The van der Waals surface area contributed by atoms with E-state index in [4.69, 9.17) is 5.73 Å². The zero-order valence-electron chi connectivity index (χ0n) is 11.9. The standard InChI is InChI=1S/C16H24N2O/c1-11(2)10-14(17)16(19)18-15-9-5-7-12-6-3-4-8-13(12)15/h5,7,9,11,14H,3-4,6,8,10,17H2,1-2H3,(H,18,19). The van der Waals surface area contributed by atoms with Crippen molar-refractivity contribution in [2.45, 2.75) is 52.0 Å². The van der Waals surface area contributed by atoms with E-state index in [2.05, 4.69) is 25.2 Å². The third-order valence-corrected chi connectivity index (χ3v) is 3.72. The summed E-state index contributed by atoms with van der Waals surface area (Å²) in [6.07, 6.45) is 5.36. The van der Waals surface area contributed by atoms with Crippen LogP contribution in [0, 0.1) is 5.92 Å². The van der Waals surface area contributed by atoms with E-state index in [-0.39, 0.29) is 5.91 Å². The third kappa shape index (κ3) is 3.57. The molecule has 1 aromatic carbocycles. The first-order valence-electron chi connectivity index (χ1n) is 7.25. The molecule has 104 valence electrons. The lowest BCUT2D eigenvalue weighted by Gasteiger charge is -2.21. The summed E-state index contributed by atoms with van der Waals surface area (Å²) in [4.78, 5) is 12.1. The Labute approximate surface area is 115 Å². The summed E-state index contributed by atoms with van der Waals surface area (Å²) >= 11 is 0. The summed E-state index contributed by atoms with van der Waals surface area (Å²) in [5.41, 5.74) is 9.57. The number of aryl methyl sites for hydroxylation is 1. The van der Waals surface area contributed by atoms with Gasteiger partial charge < -0.3 is 11.1 Å². The molecule has 0 saturated carbocycles. The first-order valence-corrected chi connectivity index (χ1v) is 7.25. The number of nitrogens with two attached hydrogens (primary N) is 1. The molecule has 2 rings (SSSR count). The predicted octanol–water partition coefficient (Wildman–Crippen LogP) is 2.88. The predicted molar refractivity (Wildman–Crippen MR) is 79.1 cm³/mol. The van der Waals surface area contributed by atoms with Crippen molar-refractivity contribution in [3.63, 3.8) is 0 Å². The summed E-state index contributed by atoms with van der Waals surface area (Å²) < 4.78 is 0. The highest BCUT2D eigenvalue weighted by molar-refractivity contribution is 5.95. The molecule has 1 aliphatic rings. The first-order chi connectivity index (χ1) is 9.08. The van der Waals surface area contributed by atoms with E-state index in [0.717, 1.165) is 24.9 Å². The van der Waals surface area contributed by atoms with Crippen molar-refractivity contribution in [1.82, 2.24) is 0 Å². The minimum absolute atomic E-state index is 0.0623. The van der Waals surface area contributed by atoms with Gasteiger partial charge in [0.05, 0.1) is 6.04 Å². The number of fused-ring (bicyclic) bond motifs is 1. The second-order valence-electron chi connectivity index (χ2n) is 5.88. The molecule has 1 unspecified atom stereocenters. The van der Waals surface area contributed by atoms with Gasteiger partial charge in [0, 0.05) is 5.69 Å². The minimum atomic E-state index is -0.417. The number of carbonyl (C=O) groups excluding carboxylic acids is 1. The molecule has 0 heterocycles. The van der Waals surface area contributed by atoms with Gasteiger partial charge in [-0.25, -0.2) is 0 Å². The molecule has 3 heteroatoms. The molecule has 0 spiro atoms. The van der Waals surface area contributed by atoms with Gasteiger partial charge in [-0.15, -0.1) is 0 Å². The molecule has 3 N–H and O–H groups in total. The van der Waals surface area contributed by atoms with Crippen LogP contribution in [0.15, 0.2) is 18.2 Å². The van der Waals surface area contributed by atoms with Gasteiger partial charge in [0.15, 0.2) is 0 Å². The fraction of sp³-hybridized carbons (Fsp3) is 0.562. The fourth-order valence-electron chi connectivity index (χ4n) is 2.74. The normalized spacial score (nSPS) is 16.0. The molecule has 0 bridgehead atoms. The van der Waals surface area contributed by atoms with E-state index >= 15 is 0 Å². The molecule has 1 atom stereocenters. The molecule has 1 aliphatic carbocycles. The van der Waals surface area contributed by atoms with Crippen LogP contribution in [0.1, 0.15) is 44.2 Å². The summed E-state index contributed by atoms with van der Waals surface area (Å²) in [7, 11) is 0. The zero-order valence-corrected chi connectivity index (χ0v) is 11.9. The Morgan fingerprint density at radius 3 is 2.79 bits per heavy atom. The number of hydrogen-bond acceptors (Lipinski definition) is 2. The Morgan fingerprint density at radius 2 is 2.05 bits per heavy atom. The molecular formula is C16H24N2O. The summed E-state index contributed by atoms with van der Waals surface area (Å²) in [6, 6.07) is 5.76. The second kappa shape index (κ2) is 6.20. The van der Waals surface area contributed by atoms with Crippen molar-refractivity contribution in [3.05, 3.63) is 29.3 Å². The van der Waals surface area contributed by atoms with Gasteiger partial charge in [-0.3, -0.25) is 4.79 Å². The molecule has 1 amide bonds. The van der Waals surface area contributed by atoms with E-state index in [0.29, 0.717) is 5.92 Å². The highest BCUT2D eigenvalue weighted by Gasteiger charge is 2.18. The number of benzene rings is 1. The van der Waals surface area contributed by atoms with Crippen LogP contribution in [-0.4, -0.2) is 11.9 Å². The number of carbonyl (C=O) groups is 1. The van der Waals surface area contributed by atoms with Crippen LogP contribution in [0.3, 0.4) is 0 Å². The summed E-state index contributed by atoms with van der Waals surface area (Å²) in [5, 5.41) is 3.01. The maximum atomic E-state index is 12.1. The van der Waals surface area contributed by atoms with Crippen molar-refractivity contribution in [2.24, 2.45) is 11.7 Å². The van der Waals surface area contributed by atoms with Gasteiger partial charge >= 0.3 is 0 Å². The number of rotatable bonds is 4. The largest absolute Gasteiger partial charge is 0.324 e. The summed E-state index contributed by atoms with van der Waals surface area (Å²) in [5.74, 6) is 0.373. The Hall–Kier alpha value is -1.35. The van der Waals surface area contributed by atoms with Gasteiger partial charge in [-0.05, 0) is 55.2 Å². The van der Waals surface area contributed by atoms with Gasteiger partial charge in [-0.2, -0.15) is 0 Å². The fourth-order valence-corrected chi connectivity index (χ4v) is 2.74. The SMILES string of the molecule is CC(C)CC(N)C(=O)Nc1cccc2c1CCCC2. The second-order valence-corrected chi connectivity index (χ2v) is 5.88. The third-order valence-electron chi connectivity index (χ3n) is 3.72. The van der Waals surface area contributed by atoms with Crippen LogP contribution in [0.5, 0.6) is 0 Å². The van der Waals surface area contributed by atoms with Crippen LogP contribution >= 0.6 is 0 Å². The molecule has 0 saturated heterocycles. The number of anilines is 1. The smallest absolute Gasteiger partial charge is 0.241 e. The van der Waals surface area contributed by atoms with Gasteiger partial charge in [0.25, 0.3) is 0 Å². The minimum Gasteiger partial charge on any atom is -0.324 e. The average Bonchev–Trinajstić information content (AvgIpc) is 2.38. The Morgan fingerprint density at radius 1 is 1.32 bits per heavy atom. The van der Waals surface area contributed by atoms with Crippen LogP contribution in [-0.2, 0) is 17.6 Å². The topological polar surface area (TPSA) is 55.1 Å². The van der Waals surface area contributed by atoms with Crippen molar-refractivity contribution in [2.75, 3.05) is 5.32 Å². The van der Waals surface area contributed by atoms with E-state index in [1.807, 2.05) is 12.1 Å². The molecular weight excluding hydrogens is 236 g/mol. The Kier molecular flexibility index (Phi) is 4.59. The quantitative estimate of drug-likeness (QED) is 0.874. The lowest BCUT2D eigenvalue weighted by atomic mass is 9.90. The van der Waals surface area contributed by atoms with Crippen LogP contribution in [0.2, 0.25) is 0 Å². The maximum Gasteiger partial charge on any atom is 0.241 e. The van der Waals surface area contributed by atoms with E-state index in [1.54, 1.807) is 0 Å². The Bertz CT molecular complexity index is 454.